The summed E-state index contributed by atoms with van der Waals surface area (Å²) in [6.07, 6.45) is 6.20. The van der Waals surface area contributed by atoms with Crippen molar-refractivity contribution in [3.63, 3.8) is 0 Å². The average molecular weight is 333 g/mol. The van der Waals surface area contributed by atoms with Crippen LogP contribution in [0.1, 0.15) is 36.0 Å². The Bertz CT molecular complexity index is 587. The number of nitrogens with zero attached hydrogens (tertiary/aromatic N) is 1. The minimum atomic E-state index is -0.0717. The molecule has 1 aliphatic carbocycles. The minimum Gasteiger partial charge on any atom is -0.472 e. The molecule has 0 atom stereocenters. The molecule has 1 aliphatic heterocycles. The topological polar surface area (TPSA) is 91.7 Å². The highest BCUT2D eigenvalue weighted by Gasteiger charge is 2.30. The Morgan fingerprint density at radius 3 is 2.08 bits per heavy atom. The molecule has 3 amide bonds. The molecule has 2 fully saturated rings. The van der Waals surface area contributed by atoms with Gasteiger partial charge in [0.2, 0.25) is 11.8 Å². The van der Waals surface area contributed by atoms with Gasteiger partial charge in [-0.15, -0.1) is 0 Å². The largest absolute Gasteiger partial charge is 0.472 e. The second-order valence-corrected chi connectivity index (χ2v) is 6.43. The van der Waals surface area contributed by atoms with Crippen molar-refractivity contribution in [2.45, 2.75) is 25.7 Å². The summed E-state index contributed by atoms with van der Waals surface area (Å²) in [5, 5.41) is 5.69. The number of nitrogens with one attached hydrogen (secondary N) is 2. The zero-order valence-electron chi connectivity index (χ0n) is 13.6. The van der Waals surface area contributed by atoms with Crippen molar-refractivity contribution in [2.24, 2.45) is 11.8 Å². The molecule has 3 rings (SSSR count). The molecule has 2 aliphatic rings. The van der Waals surface area contributed by atoms with Gasteiger partial charge in [-0.25, -0.2) is 0 Å². The van der Waals surface area contributed by atoms with Crippen LogP contribution in [0.4, 0.5) is 0 Å². The van der Waals surface area contributed by atoms with Crippen LogP contribution in [-0.4, -0.2) is 48.8 Å². The van der Waals surface area contributed by atoms with E-state index in [1.54, 1.807) is 11.0 Å². The summed E-state index contributed by atoms with van der Waals surface area (Å²) in [5.41, 5.74) is 0.546. The number of rotatable bonds is 6. The Labute approximate surface area is 140 Å². The Hall–Kier alpha value is -2.31. The van der Waals surface area contributed by atoms with Crippen LogP contribution in [0.2, 0.25) is 0 Å². The van der Waals surface area contributed by atoms with E-state index in [0.717, 1.165) is 12.8 Å². The van der Waals surface area contributed by atoms with Crippen molar-refractivity contribution in [2.75, 3.05) is 26.2 Å². The van der Waals surface area contributed by atoms with Crippen molar-refractivity contribution >= 4 is 17.7 Å². The Balaban J connectivity index is 1.34. The van der Waals surface area contributed by atoms with Gasteiger partial charge in [-0.2, -0.15) is 0 Å². The molecule has 0 radical (unpaired) electrons. The van der Waals surface area contributed by atoms with Crippen LogP contribution in [0.25, 0.3) is 0 Å². The number of furan rings is 1. The molecule has 0 spiro atoms. The molecule has 2 N–H and O–H groups in total. The van der Waals surface area contributed by atoms with Gasteiger partial charge in [0.15, 0.2) is 0 Å². The molecule has 0 aromatic carbocycles. The van der Waals surface area contributed by atoms with Gasteiger partial charge in [0.1, 0.15) is 6.26 Å². The number of amides is 3. The second kappa shape index (κ2) is 7.51. The van der Waals surface area contributed by atoms with Crippen molar-refractivity contribution in [1.82, 2.24) is 15.5 Å². The van der Waals surface area contributed by atoms with E-state index in [2.05, 4.69) is 10.6 Å². The molecule has 7 heteroatoms. The minimum absolute atomic E-state index is 0.00563. The normalized spacial score (nSPS) is 18.2. The van der Waals surface area contributed by atoms with E-state index in [-0.39, 0.29) is 29.6 Å². The van der Waals surface area contributed by atoms with E-state index < -0.39 is 0 Å². The second-order valence-electron chi connectivity index (χ2n) is 6.43. The van der Waals surface area contributed by atoms with Crippen LogP contribution in [0.5, 0.6) is 0 Å². The van der Waals surface area contributed by atoms with E-state index in [0.29, 0.717) is 44.6 Å². The fourth-order valence-electron chi connectivity index (χ4n) is 2.92. The monoisotopic (exact) mass is 333 g/mol. The summed E-state index contributed by atoms with van der Waals surface area (Å²) >= 11 is 0. The summed E-state index contributed by atoms with van der Waals surface area (Å²) in [5.74, 6) is 0.169. The molecular weight excluding hydrogens is 310 g/mol. The predicted molar refractivity (Wildman–Crippen MR) is 86.1 cm³/mol. The highest BCUT2D eigenvalue weighted by atomic mass is 16.3. The third-order valence-corrected chi connectivity index (χ3v) is 4.59. The van der Waals surface area contributed by atoms with E-state index in [1.807, 2.05) is 0 Å². The van der Waals surface area contributed by atoms with Crippen LogP contribution in [0, 0.1) is 11.8 Å². The van der Waals surface area contributed by atoms with Crippen LogP contribution < -0.4 is 10.6 Å². The quantitative estimate of drug-likeness (QED) is 0.753. The molecular formula is C17H23N3O4. The van der Waals surface area contributed by atoms with Gasteiger partial charge in [0.25, 0.3) is 5.91 Å². The lowest BCUT2D eigenvalue weighted by Gasteiger charge is -2.31. The molecule has 7 nitrogen and oxygen atoms in total. The summed E-state index contributed by atoms with van der Waals surface area (Å²) in [6.45, 7) is 2.06. The van der Waals surface area contributed by atoms with Crippen LogP contribution in [0.3, 0.4) is 0 Å². The number of likely N-dealkylation sites (tertiary alicyclic amines) is 1. The first-order valence-corrected chi connectivity index (χ1v) is 8.52. The Kier molecular flexibility index (Phi) is 5.17. The lowest BCUT2D eigenvalue weighted by molar-refractivity contribution is -0.126. The molecule has 0 bridgehead atoms. The van der Waals surface area contributed by atoms with E-state index in [1.165, 1.54) is 12.5 Å². The zero-order chi connectivity index (χ0) is 16.9. The number of carbonyl (C=O) groups excluding carboxylic acids is 3. The highest BCUT2D eigenvalue weighted by Crippen LogP contribution is 2.28. The first-order chi connectivity index (χ1) is 11.6. The summed E-state index contributed by atoms with van der Waals surface area (Å²) < 4.78 is 4.93. The number of hydrogen-bond donors (Lipinski definition) is 2. The highest BCUT2D eigenvalue weighted by molar-refractivity contribution is 5.94. The molecule has 0 unspecified atom stereocenters. The molecule has 1 saturated carbocycles. The van der Waals surface area contributed by atoms with Crippen LogP contribution in [0.15, 0.2) is 23.0 Å². The smallest absolute Gasteiger partial charge is 0.257 e. The average Bonchev–Trinajstić information content (AvgIpc) is 3.32. The standard InChI is InChI=1S/C17H23N3O4/c21-15(12-1-2-12)18-6-7-19-16(22)13-3-8-20(9-4-13)17(23)14-5-10-24-11-14/h5,10-13H,1-4,6-9H2,(H,18,21)(H,19,22). The van der Waals surface area contributed by atoms with Gasteiger partial charge in [-0.3, -0.25) is 14.4 Å². The molecule has 24 heavy (non-hydrogen) atoms. The molecule has 1 aromatic rings. The van der Waals surface area contributed by atoms with Gasteiger partial charge >= 0.3 is 0 Å². The van der Waals surface area contributed by atoms with Gasteiger partial charge in [-0.1, -0.05) is 0 Å². The van der Waals surface area contributed by atoms with E-state index in [4.69, 9.17) is 4.42 Å². The van der Waals surface area contributed by atoms with E-state index in [9.17, 15) is 14.4 Å². The first kappa shape index (κ1) is 16.5. The van der Waals surface area contributed by atoms with Crippen LogP contribution in [-0.2, 0) is 9.59 Å². The third kappa shape index (κ3) is 4.15. The Morgan fingerprint density at radius 1 is 1.00 bits per heavy atom. The fourth-order valence-corrected chi connectivity index (χ4v) is 2.92. The van der Waals surface area contributed by atoms with Gasteiger partial charge in [-0.05, 0) is 31.7 Å². The molecule has 1 saturated heterocycles. The zero-order valence-corrected chi connectivity index (χ0v) is 13.6. The van der Waals surface area contributed by atoms with Gasteiger partial charge in [0.05, 0.1) is 11.8 Å². The maximum Gasteiger partial charge on any atom is 0.257 e. The van der Waals surface area contributed by atoms with Gasteiger partial charge < -0.3 is 20.0 Å². The van der Waals surface area contributed by atoms with Crippen molar-refractivity contribution < 1.29 is 18.8 Å². The summed E-state index contributed by atoms with van der Waals surface area (Å²) in [6, 6.07) is 1.65. The lowest BCUT2D eigenvalue weighted by Crippen LogP contribution is -2.44. The Morgan fingerprint density at radius 2 is 1.58 bits per heavy atom. The number of piperidine rings is 1. The first-order valence-electron chi connectivity index (χ1n) is 8.52. The lowest BCUT2D eigenvalue weighted by atomic mass is 9.95. The van der Waals surface area contributed by atoms with Crippen molar-refractivity contribution in [3.05, 3.63) is 24.2 Å². The molecule has 1 aromatic heterocycles. The number of hydrogen-bond acceptors (Lipinski definition) is 4. The van der Waals surface area contributed by atoms with E-state index >= 15 is 0 Å². The number of carbonyl (C=O) groups is 3. The van der Waals surface area contributed by atoms with Crippen molar-refractivity contribution in [3.8, 4) is 0 Å². The molecule has 2 heterocycles. The SMILES string of the molecule is O=C(NCCNC(=O)C1CCN(C(=O)c2ccoc2)CC1)C1CC1. The molecule has 130 valence electrons. The fraction of sp³-hybridized carbons (Fsp3) is 0.588. The third-order valence-electron chi connectivity index (χ3n) is 4.59. The summed E-state index contributed by atoms with van der Waals surface area (Å²) in [7, 11) is 0. The van der Waals surface area contributed by atoms with Crippen LogP contribution >= 0.6 is 0 Å². The maximum absolute atomic E-state index is 12.2. The predicted octanol–water partition coefficient (Wildman–Crippen LogP) is 0.774. The summed E-state index contributed by atoms with van der Waals surface area (Å²) in [4.78, 5) is 37.6. The van der Waals surface area contributed by atoms with Gasteiger partial charge in [0, 0.05) is 38.0 Å². The maximum atomic E-state index is 12.2. The van der Waals surface area contributed by atoms with Crippen molar-refractivity contribution in [1.29, 1.82) is 0 Å².